The van der Waals surface area contributed by atoms with Gasteiger partial charge in [0.2, 0.25) is 0 Å². The number of urea groups is 1. The first kappa shape index (κ1) is 19.6. The Hall–Kier alpha value is -3.13. The van der Waals surface area contributed by atoms with Crippen LogP contribution in [0.25, 0.3) is 5.69 Å². The maximum atomic E-state index is 12.5. The van der Waals surface area contributed by atoms with E-state index in [1.54, 1.807) is 17.2 Å². The minimum Gasteiger partial charge on any atom is -0.465 e. The summed E-state index contributed by atoms with van der Waals surface area (Å²) >= 11 is 0. The minimum absolute atomic E-state index is 0.0477. The van der Waals surface area contributed by atoms with E-state index in [2.05, 4.69) is 27.8 Å². The topological polar surface area (TPSA) is 88.2 Å². The third-order valence-electron chi connectivity index (χ3n) is 4.61. The lowest BCUT2D eigenvalue weighted by molar-refractivity contribution is 0.232. The lowest BCUT2D eigenvalue weighted by Crippen LogP contribution is -2.37. The van der Waals surface area contributed by atoms with Crippen LogP contribution in [-0.4, -0.2) is 46.3 Å². The highest BCUT2D eigenvalue weighted by Crippen LogP contribution is 2.22. The second-order valence-corrected chi connectivity index (χ2v) is 6.83. The van der Waals surface area contributed by atoms with Gasteiger partial charge in [0.1, 0.15) is 24.2 Å². The van der Waals surface area contributed by atoms with Gasteiger partial charge in [-0.1, -0.05) is 13.0 Å². The van der Waals surface area contributed by atoms with Gasteiger partial charge in [-0.15, -0.1) is 10.2 Å². The molecule has 0 saturated carbocycles. The van der Waals surface area contributed by atoms with Crippen molar-refractivity contribution in [2.75, 3.05) is 26.0 Å². The van der Waals surface area contributed by atoms with Crippen molar-refractivity contribution in [3.05, 3.63) is 60.1 Å². The molecule has 2 heterocycles. The molecule has 0 radical (unpaired) electrons. The van der Waals surface area contributed by atoms with Gasteiger partial charge in [0.25, 0.3) is 0 Å². The molecule has 2 amide bonds. The summed E-state index contributed by atoms with van der Waals surface area (Å²) in [6.45, 7) is 4.39. The van der Waals surface area contributed by atoms with Gasteiger partial charge in [-0.25, -0.2) is 4.79 Å². The van der Waals surface area contributed by atoms with Crippen LogP contribution in [0, 0.1) is 6.92 Å². The average Bonchev–Trinajstić information content (AvgIpc) is 3.33. The fourth-order valence-electron chi connectivity index (χ4n) is 3.01. The van der Waals surface area contributed by atoms with Crippen LogP contribution in [0.2, 0.25) is 0 Å². The lowest BCUT2D eigenvalue weighted by atomic mass is 10.1. The summed E-state index contributed by atoms with van der Waals surface area (Å²) in [7, 11) is 3.92. The third kappa shape index (κ3) is 4.58. The highest BCUT2D eigenvalue weighted by molar-refractivity contribution is 5.90. The zero-order valence-corrected chi connectivity index (χ0v) is 16.6. The molecule has 148 valence electrons. The normalized spacial score (nSPS) is 12.2. The number of rotatable bonds is 7. The smallest absolute Gasteiger partial charge is 0.319 e. The standard InChI is InChI=1S/C20H26N6O2/c1-5-15-7-8-16(26-12-22-23-13-26)10-17(15)24-20(27)21-11-18(25(3)4)19-9-6-14(2)28-19/h6-10,12-13,18H,5,11H2,1-4H3,(H2,21,24,27)/t18-/m1/s1. The van der Waals surface area contributed by atoms with Gasteiger partial charge in [-0.2, -0.15) is 0 Å². The molecule has 0 unspecified atom stereocenters. The molecule has 0 bridgehead atoms. The number of furan rings is 1. The molecule has 2 aromatic heterocycles. The Labute approximate surface area is 164 Å². The molecule has 28 heavy (non-hydrogen) atoms. The SMILES string of the molecule is CCc1ccc(-n2cnnc2)cc1NC(=O)NC[C@H](c1ccc(C)o1)N(C)C. The number of anilines is 1. The first-order chi connectivity index (χ1) is 13.5. The van der Waals surface area contributed by atoms with Gasteiger partial charge >= 0.3 is 6.03 Å². The molecule has 3 aromatic rings. The maximum absolute atomic E-state index is 12.5. The van der Waals surface area contributed by atoms with Crippen molar-refractivity contribution in [3.8, 4) is 5.69 Å². The Kier molecular flexibility index (Phi) is 6.10. The fourth-order valence-corrected chi connectivity index (χ4v) is 3.01. The van der Waals surface area contributed by atoms with E-state index in [0.29, 0.717) is 6.54 Å². The van der Waals surface area contributed by atoms with E-state index < -0.39 is 0 Å². The van der Waals surface area contributed by atoms with Crippen LogP contribution in [0.15, 0.2) is 47.4 Å². The molecular formula is C20H26N6O2. The highest BCUT2D eigenvalue weighted by atomic mass is 16.3. The van der Waals surface area contributed by atoms with Crippen molar-refractivity contribution in [2.45, 2.75) is 26.3 Å². The molecule has 0 fully saturated rings. The van der Waals surface area contributed by atoms with E-state index in [1.807, 2.05) is 56.3 Å². The van der Waals surface area contributed by atoms with E-state index >= 15 is 0 Å². The summed E-state index contributed by atoms with van der Waals surface area (Å²) in [5, 5.41) is 13.6. The summed E-state index contributed by atoms with van der Waals surface area (Å²) in [5.74, 6) is 1.68. The quantitative estimate of drug-likeness (QED) is 0.655. The molecule has 8 nitrogen and oxygen atoms in total. The molecule has 0 aliphatic rings. The predicted octanol–water partition coefficient (Wildman–Crippen LogP) is 3.16. The van der Waals surface area contributed by atoms with E-state index in [-0.39, 0.29) is 12.1 Å². The van der Waals surface area contributed by atoms with Gasteiger partial charge in [0.05, 0.1) is 11.7 Å². The van der Waals surface area contributed by atoms with Crippen LogP contribution >= 0.6 is 0 Å². The number of aromatic nitrogens is 3. The molecule has 0 saturated heterocycles. The zero-order valence-electron chi connectivity index (χ0n) is 16.6. The van der Waals surface area contributed by atoms with E-state index in [4.69, 9.17) is 4.42 Å². The van der Waals surface area contributed by atoms with Crippen LogP contribution in [0.1, 0.15) is 30.0 Å². The molecule has 8 heteroatoms. The first-order valence-electron chi connectivity index (χ1n) is 9.23. The predicted molar refractivity (Wildman–Crippen MR) is 108 cm³/mol. The monoisotopic (exact) mass is 382 g/mol. The Balaban J connectivity index is 1.69. The second kappa shape index (κ2) is 8.71. The molecular weight excluding hydrogens is 356 g/mol. The number of carbonyl (C=O) groups is 1. The van der Waals surface area contributed by atoms with Crippen LogP contribution in [-0.2, 0) is 6.42 Å². The number of hydrogen-bond acceptors (Lipinski definition) is 5. The lowest BCUT2D eigenvalue weighted by Gasteiger charge is -2.23. The minimum atomic E-state index is -0.259. The molecule has 0 aliphatic carbocycles. The first-order valence-corrected chi connectivity index (χ1v) is 9.23. The van der Waals surface area contributed by atoms with Gasteiger partial charge < -0.3 is 15.1 Å². The molecule has 1 aromatic carbocycles. The number of amides is 2. The third-order valence-corrected chi connectivity index (χ3v) is 4.61. The number of hydrogen-bond donors (Lipinski definition) is 2. The average molecular weight is 382 g/mol. The number of aryl methyl sites for hydroxylation is 2. The zero-order chi connectivity index (χ0) is 20.1. The van der Waals surface area contributed by atoms with Gasteiger partial charge in [0, 0.05) is 12.2 Å². The van der Waals surface area contributed by atoms with Crippen molar-refractivity contribution in [1.29, 1.82) is 0 Å². The summed E-state index contributed by atoms with van der Waals surface area (Å²) in [5.41, 5.74) is 2.70. The number of likely N-dealkylation sites (N-methyl/N-ethyl adjacent to an activating group) is 1. The van der Waals surface area contributed by atoms with Crippen LogP contribution in [0.5, 0.6) is 0 Å². The van der Waals surface area contributed by atoms with Crippen molar-refractivity contribution < 1.29 is 9.21 Å². The van der Waals surface area contributed by atoms with Crippen LogP contribution < -0.4 is 10.6 Å². The van der Waals surface area contributed by atoms with Crippen LogP contribution in [0.3, 0.4) is 0 Å². The van der Waals surface area contributed by atoms with Gasteiger partial charge in [-0.05, 0) is 57.3 Å². The Morgan fingerprint density at radius 1 is 1.21 bits per heavy atom. The van der Waals surface area contributed by atoms with E-state index in [9.17, 15) is 4.79 Å². The van der Waals surface area contributed by atoms with Crippen molar-refractivity contribution in [3.63, 3.8) is 0 Å². The van der Waals surface area contributed by atoms with Gasteiger partial charge in [-0.3, -0.25) is 9.47 Å². The summed E-state index contributed by atoms with van der Waals surface area (Å²) in [6.07, 6.45) is 4.06. The largest absolute Gasteiger partial charge is 0.465 e. The number of nitrogens with one attached hydrogen (secondary N) is 2. The van der Waals surface area contributed by atoms with E-state index in [0.717, 1.165) is 34.9 Å². The highest BCUT2D eigenvalue weighted by Gasteiger charge is 2.19. The Morgan fingerprint density at radius 3 is 2.57 bits per heavy atom. The molecule has 1 atom stereocenters. The van der Waals surface area contributed by atoms with Crippen molar-refractivity contribution in [1.82, 2.24) is 25.0 Å². The van der Waals surface area contributed by atoms with E-state index in [1.165, 1.54) is 0 Å². The Bertz CT molecular complexity index is 917. The van der Waals surface area contributed by atoms with Crippen LogP contribution in [0.4, 0.5) is 10.5 Å². The van der Waals surface area contributed by atoms with Crippen molar-refractivity contribution in [2.24, 2.45) is 0 Å². The van der Waals surface area contributed by atoms with Crippen molar-refractivity contribution >= 4 is 11.7 Å². The Morgan fingerprint density at radius 2 is 1.96 bits per heavy atom. The summed E-state index contributed by atoms with van der Waals surface area (Å²) < 4.78 is 7.52. The molecule has 3 rings (SSSR count). The summed E-state index contributed by atoms with van der Waals surface area (Å²) in [6, 6.07) is 9.46. The summed E-state index contributed by atoms with van der Waals surface area (Å²) in [4.78, 5) is 14.6. The number of nitrogens with zero attached hydrogens (tertiary/aromatic N) is 4. The second-order valence-electron chi connectivity index (χ2n) is 6.83. The fraction of sp³-hybridized carbons (Fsp3) is 0.350. The maximum Gasteiger partial charge on any atom is 0.319 e. The molecule has 0 spiro atoms. The molecule has 2 N–H and O–H groups in total. The number of benzene rings is 1. The number of carbonyl (C=O) groups excluding carboxylic acids is 1. The molecule has 0 aliphatic heterocycles. The van der Waals surface area contributed by atoms with Gasteiger partial charge in [0.15, 0.2) is 0 Å².